The molecule has 1 saturated heterocycles. The van der Waals surface area contributed by atoms with E-state index in [0.29, 0.717) is 17.1 Å². The molecule has 4 rings (SSSR count). The van der Waals surface area contributed by atoms with Crippen LogP contribution in [-0.4, -0.2) is 63.4 Å². The van der Waals surface area contributed by atoms with Gasteiger partial charge in [0.25, 0.3) is 11.8 Å². The molecule has 4 heterocycles. The maximum absolute atomic E-state index is 12.9. The fraction of sp³-hybridized carbons (Fsp3) is 0.300. The molecule has 2 aliphatic rings. The number of aryl methyl sites for hydroxylation is 1. The minimum Gasteiger partial charge on any atom is -0.477 e. The molecule has 2 unspecified atom stereocenters. The Kier molecular flexibility index (Phi) is 6.33. The Morgan fingerprint density at radius 1 is 1.48 bits per heavy atom. The summed E-state index contributed by atoms with van der Waals surface area (Å²) >= 11 is 2.51. The van der Waals surface area contributed by atoms with E-state index < -0.39 is 29.9 Å². The van der Waals surface area contributed by atoms with Crippen molar-refractivity contribution in [2.24, 2.45) is 12.2 Å². The SMILES string of the molecule is CON=C(C(=O)NC1C(=O)N2C(C(=O)O)=C(Cc3ccc[n+](C)c3)SCC12)c1csc(N)n1. The summed E-state index contributed by atoms with van der Waals surface area (Å²) in [4.78, 5) is 48.4. The molecule has 2 atom stereocenters. The van der Waals surface area contributed by atoms with Gasteiger partial charge in [0.05, 0.1) is 6.04 Å². The van der Waals surface area contributed by atoms with Crippen LogP contribution in [0.4, 0.5) is 5.13 Å². The number of nitrogens with zero attached hydrogens (tertiary/aromatic N) is 4. The number of thiazole rings is 1. The molecular formula is C20H21N6O5S2+. The molecule has 2 aromatic rings. The monoisotopic (exact) mass is 489 g/mol. The number of aliphatic carboxylic acids is 1. The third-order valence-corrected chi connectivity index (χ3v) is 7.04. The summed E-state index contributed by atoms with van der Waals surface area (Å²) in [6, 6.07) is 2.41. The van der Waals surface area contributed by atoms with Crippen molar-refractivity contribution in [2.75, 3.05) is 18.6 Å². The van der Waals surface area contributed by atoms with Crippen LogP contribution in [-0.2, 0) is 32.7 Å². The van der Waals surface area contributed by atoms with Gasteiger partial charge < -0.3 is 21.0 Å². The van der Waals surface area contributed by atoms with Gasteiger partial charge in [-0.3, -0.25) is 14.5 Å². The van der Waals surface area contributed by atoms with E-state index in [2.05, 4.69) is 15.5 Å². The molecule has 0 aliphatic carbocycles. The fourth-order valence-electron chi connectivity index (χ4n) is 3.74. The van der Waals surface area contributed by atoms with Gasteiger partial charge in [0, 0.05) is 34.1 Å². The zero-order valence-corrected chi connectivity index (χ0v) is 19.4. The molecule has 11 nitrogen and oxygen atoms in total. The molecular weight excluding hydrogens is 468 g/mol. The summed E-state index contributed by atoms with van der Waals surface area (Å²) in [6.07, 6.45) is 4.18. The highest BCUT2D eigenvalue weighted by Crippen LogP contribution is 2.40. The number of carboxylic acids is 1. The van der Waals surface area contributed by atoms with Crippen molar-refractivity contribution in [1.29, 1.82) is 0 Å². The highest BCUT2D eigenvalue weighted by Gasteiger charge is 2.54. The standard InChI is InChI=1S/C20H20N6O5S2/c1-25-5-3-4-10(7-25)6-13-16(19(29)30)26-12(9-32-13)15(18(26)28)23-17(27)14(24-31-2)11-8-33-20(21)22-11/h3-5,7-8,12,15H,6,9H2,1-2H3,(H3-,21,22,23,27,29,30)/p+1. The van der Waals surface area contributed by atoms with Crippen molar-refractivity contribution in [3.63, 3.8) is 0 Å². The number of carboxylic acid groups (broad SMARTS) is 1. The minimum absolute atomic E-state index is 0.0451. The fourth-order valence-corrected chi connectivity index (χ4v) is 5.59. The number of hydrogen-bond donors (Lipinski definition) is 3. The molecule has 2 amide bonds. The first-order chi connectivity index (χ1) is 15.8. The number of allylic oxidation sites excluding steroid dienone is 1. The number of β-lactam (4-membered cyclic amide) rings is 1. The second-order valence-corrected chi connectivity index (χ2v) is 9.37. The first-order valence-corrected chi connectivity index (χ1v) is 11.7. The van der Waals surface area contributed by atoms with Crippen molar-refractivity contribution in [3.8, 4) is 0 Å². The lowest BCUT2D eigenvalue weighted by molar-refractivity contribution is -0.671. The van der Waals surface area contributed by atoms with Crippen molar-refractivity contribution >= 4 is 51.7 Å². The molecule has 0 aromatic carbocycles. The number of hydrogen-bond acceptors (Lipinski definition) is 9. The van der Waals surface area contributed by atoms with Crippen LogP contribution >= 0.6 is 23.1 Å². The molecule has 2 aliphatic heterocycles. The minimum atomic E-state index is -1.18. The predicted molar refractivity (Wildman–Crippen MR) is 121 cm³/mol. The third kappa shape index (κ3) is 4.41. The number of rotatable bonds is 7. The van der Waals surface area contributed by atoms with Gasteiger partial charge in [-0.05, 0) is 6.07 Å². The highest BCUT2D eigenvalue weighted by molar-refractivity contribution is 8.03. The van der Waals surface area contributed by atoms with Gasteiger partial charge in [-0.1, -0.05) is 5.16 Å². The molecule has 2 aromatic heterocycles. The van der Waals surface area contributed by atoms with Crippen molar-refractivity contribution in [1.82, 2.24) is 15.2 Å². The zero-order chi connectivity index (χ0) is 23.7. The van der Waals surface area contributed by atoms with Gasteiger partial charge in [0.2, 0.25) is 0 Å². The average molecular weight is 490 g/mol. The lowest BCUT2D eigenvalue weighted by Gasteiger charge is -2.49. The van der Waals surface area contributed by atoms with Gasteiger partial charge in [-0.2, -0.15) is 0 Å². The Hall–Kier alpha value is -3.45. The van der Waals surface area contributed by atoms with Crippen LogP contribution in [0.2, 0.25) is 0 Å². The second-order valence-electron chi connectivity index (χ2n) is 7.36. The Morgan fingerprint density at radius 2 is 2.27 bits per heavy atom. The van der Waals surface area contributed by atoms with Crippen LogP contribution in [0.15, 0.2) is 45.7 Å². The number of nitrogens with two attached hydrogens (primary N) is 1. The third-order valence-electron chi connectivity index (χ3n) is 5.17. The number of nitrogen functional groups attached to an aromatic ring is 1. The molecule has 0 bridgehead atoms. The second kappa shape index (κ2) is 9.19. The van der Waals surface area contributed by atoms with E-state index >= 15 is 0 Å². The Bertz CT molecular complexity index is 1190. The maximum atomic E-state index is 12.9. The van der Waals surface area contributed by atoms with Crippen LogP contribution in [0.5, 0.6) is 0 Å². The molecule has 0 saturated carbocycles. The molecule has 0 spiro atoms. The smallest absolute Gasteiger partial charge is 0.353 e. The molecule has 4 N–H and O–H groups in total. The zero-order valence-electron chi connectivity index (χ0n) is 17.7. The summed E-state index contributed by atoms with van der Waals surface area (Å²) in [7, 11) is 3.17. The molecule has 13 heteroatoms. The molecule has 0 radical (unpaired) electrons. The van der Waals surface area contributed by atoms with Gasteiger partial charge in [-0.25, -0.2) is 14.3 Å². The van der Waals surface area contributed by atoms with Crippen LogP contribution < -0.4 is 15.6 Å². The predicted octanol–water partition coefficient (Wildman–Crippen LogP) is -0.118. The van der Waals surface area contributed by atoms with Crippen molar-refractivity contribution in [2.45, 2.75) is 18.5 Å². The van der Waals surface area contributed by atoms with E-state index in [-0.39, 0.29) is 22.2 Å². The van der Waals surface area contributed by atoms with Gasteiger partial charge >= 0.3 is 5.97 Å². The maximum Gasteiger partial charge on any atom is 0.353 e. The quantitative estimate of drug-likeness (QED) is 0.211. The van der Waals surface area contributed by atoms with E-state index in [9.17, 15) is 19.5 Å². The summed E-state index contributed by atoms with van der Waals surface area (Å²) in [6.45, 7) is 0. The van der Waals surface area contributed by atoms with Crippen LogP contribution in [0.25, 0.3) is 0 Å². The number of oxime groups is 1. The summed E-state index contributed by atoms with van der Waals surface area (Å²) in [5.41, 5.74) is 6.63. The number of fused-ring (bicyclic) bond motifs is 1. The van der Waals surface area contributed by atoms with Crippen LogP contribution in [0, 0.1) is 0 Å². The van der Waals surface area contributed by atoms with Crippen LogP contribution in [0.1, 0.15) is 11.3 Å². The Labute approximate surface area is 196 Å². The molecule has 33 heavy (non-hydrogen) atoms. The largest absolute Gasteiger partial charge is 0.477 e. The number of anilines is 1. The number of carbonyl (C=O) groups is 3. The van der Waals surface area contributed by atoms with Crippen molar-refractivity contribution in [3.05, 3.63) is 51.8 Å². The molecule has 172 valence electrons. The normalized spacial score (nSPS) is 20.2. The van der Waals surface area contributed by atoms with E-state index in [1.54, 1.807) is 5.38 Å². The van der Waals surface area contributed by atoms with E-state index in [1.165, 1.54) is 23.8 Å². The van der Waals surface area contributed by atoms with Crippen LogP contribution in [0.3, 0.4) is 0 Å². The number of amides is 2. The summed E-state index contributed by atoms with van der Waals surface area (Å²) in [5.74, 6) is -1.88. The lowest BCUT2D eigenvalue weighted by Crippen LogP contribution is -2.73. The van der Waals surface area contributed by atoms with Gasteiger partial charge in [0.1, 0.15) is 31.6 Å². The topological polar surface area (TPSA) is 151 Å². The Morgan fingerprint density at radius 3 is 2.91 bits per heavy atom. The number of nitrogens with one attached hydrogen (secondary N) is 1. The number of aromatic nitrogens is 2. The van der Waals surface area contributed by atoms with Crippen molar-refractivity contribution < 1.29 is 28.9 Å². The van der Waals surface area contributed by atoms with E-state index in [1.807, 2.05) is 36.1 Å². The van der Waals surface area contributed by atoms with E-state index in [0.717, 1.165) is 16.9 Å². The first kappa shape index (κ1) is 22.7. The Balaban J connectivity index is 1.54. The summed E-state index contributed by atoms with van der Waals surface area (Å²) < 4.78 is 1.88. The highest BCUT2D eigenvalue weighted by atomic mass is 32.2. The molecule has 1 fully saturated rings. The number of thioether (sulfide) groups is 1. The first-order valence-electron chi connectivity index (χ1n) is 9.80. The lowest BCUT2D eigenvalue weighted by atomic mass is 9.94. The van der Waals surface area contributed by atoms with E-state index in [4.69, 9.17) is 10.6 Å². The number of carbonyl (C=O) groups excluding carboxylic acids is 2. The average Bonchev–Trinajstić information content (AvgIpc) is 3.21. The number of pyridine rings is 1. The van der Waals surface area contributed by atoms with Gasteiger partial charge in [0.15, 0.2) is 23.2 Å². The van der Waals surface area contributed by atoms with Gasteiger partial charge in [-0.15, -0.1) is 23.1 Å². The summed E-state index contributed by atoms with van der Waals surface area (Å²) in [5, 5.41) is 18.0.